The van der Waals surface area contributed by atoms with Crippen LogP contribution in [-0.2, 0) is 0 Å². The number of benzene rings is 1. The van der Waals surface area contributed by atoms with E-state index in [0.717, 1.165) is 5.69 Å². The van der Waals surface area contributed by atoms with Crippen LogP contribution < -0.4 is 10.2 Å². The third-order valence-electron chi connectivity index (χ3n) is 3.60. The lowest BCUT2D eigenvalue weighted by Crippen LogP contribution is -2.44. The van der Waals surface area contributed by atoms with Crippen LogP contribution in [0.1, 0.15) is 10.4 Å². The summed E-state index contributed by atoms with van der Waals surface area (Å²) in [5.41, 5.74) is 1.70. The van der Waals surface area contributed by atoms with Crippen molar-refractivity contribution in [3.63, 3.8) is 0 Å². The van der Waals surface area contributed by atoms with Crippen molar-refractivity contribution in [2.45, 2.75) is 12.1 Å². The monoisotopic (exact) mass is 263 g/mol. The quantitative estimate of drug-likeness (QED) is 0.815. The van der Waals surface area contributed by atoms with Crippen LogP contribution in [0.2, 0.25) is 0 Å². The Balaban J connectivity index is 2.10. The van der Waals surface area contributed by atoms with Gasteiger partial charge >= 0.3 is 0 Å². The second-order valence-electron chi connectivity index (χ2n) is 5.15. The summed E-state index contributed by atoms with van der Waals surface area (Å²) in [4.78, 5) is 15.9. The molecule has 5 nitrogen and oxygen atoms in total. The normalized spacial score (nSPS) is 22.3. The predicted octanol–water partition coefficient (Wildman–Crippen LogP) is 0.157. The number of nitrogens with zero attached hydrogens (tertiary/aromatic N) is 2. The number of anilines is 1. The van der Waals surface area contributed by atoms with Gasteiger partial charge in [-0.25, -0.2) is 0 Å². The summed E-state index contributed by atoms with van der Waals surface area (Å²) >= 11 is 0. The molecule has 1 aliphatic heterocycles. The van der Waals surface area contributed by atoms with E-state index in [9.17, 15) is 9.90 Å². The number of carbonyl (C=O) groups excluding carboxylic acids is 1. The van der Waals surface area contributed by atoms with E-state index >= 15 is 0 Å². The molecule has 2 N–H and O–H groups in total. The highest BCUT2D eigenvalue weighted by Crippen LogP contribution is 2.16. The van der Waals surface area contributed by atoms with Crippen molar-refractivity contribution >= 4 is 11.6 Å². The number of rotatable bonds is 3. The smallest absolute Gasteiger partial charge is 0.253 e. The number of hydrogen-bond acceptors (Lipinski definition) is 4. The minimum Gasteiger partial charge on any atom is -0.390 e. The Kier molecular flexibility index (Phi) is 4.07. The molecule has 2 atom stereocenters. The third kappa shape index (κ3) is 2.88. The molecule has 1 heterocycles. The van der Waals surface area contributed by atoms with Gasteiger partial charge in [0.25, 0.3) is 5.91 Å². The molecule has 104 valence electrons. The van der Waals surface area contributed by atoms with Gasteiger partial charge in [-0.15, -0.1) is 0 Å². The number of likely N-dealkylation sites (N-methyl/N-ethyl adjacent to an activating group) is 1. The van der Waals surface area contributed by atoms with E-state index in [2.05, 4.69) is 5.32 Å². The standard InChI is InChI=1S/C14H21N3O2/c1-16(2)11-6-4-10(5-7-11)14(19)17(3)12-8-15-9-13(12)18/h4-7,12-13,15,18H,8-9H2,1-3H3/t12-,13-/m1/s1. The molecule has 0 aliphatic carbocycles. The number of hydrogen-bond donors (Lipinski definition) is 2. The molecule has 5 heteroatoms. The van der Waals surface area contributed by atoms with Crippen LogP contribution in [0.25, 0.3) is 0 Å². The maximum atomic E-state index is 12.3. The maximum Gasteiger partial charge on any atom is 0.253 e. The van der Waals surface area contributed by atoms with E-state index in [1.54, 1.807) is 11.9 Å². The van der Waals surface area contributed by atoms with Crippen LogP contribution in [0, 0.1) is 0 Å². The van der Waals surface area contributed by atoms with Crippen LogP contribution in [-0.4, -0.2) is 62.3 Å². The fourth-order valence-corrected chi connectivity index (χ4v) is 2.30. The van der Waals surface area contributed by atoms with Gasteiger partial charge in [0.05, 0.1) is 12.1 Å². The Morgan fingerprint density at radius 2 is 1.84 bits per heavy atom. The molecule has 1 aromatic rings. The molecule has 0 saturated carbocycles. The summed E-state index contributed by atoms with van der Waals surface area (Å²) in [6.07, 6.45) is -0.491. The van der Waals surface area contributed by atoms with E-state index < -0.39 is 6.10 Å². The van der Waals surface area contributed by atoms with Gasteiger partial charge in [-0.1, -0.05) is 0 Å². The molecule has 1 fully saturated rings. The molecule has 0 aromatic heterocycles. The zero-order valence-electron chi connectivity index (χ0n) is 11.6. The van der Waals surface area contributed by atoms with E-state index in [4.69, 9.17) is 0 Å². The van der Waals surface area contributed by atoms with Crippen molar-refractivity contribution in [1.29, 1.82) is 0 Å². The van der Waals surface area contributed by atoms with Crippen LogP contribution in [0.4, 0.5) is 5.69 Å². The minimum atomic E-state index is -0.491. The zero-order chi connectivity index (χ0) is 14.0. The van der Waals surface area contributed by atoms with E-state index in [1.165, 1.54) is 0 Å². The van der Waals surface area contributed by atoms with Crippen molar-refractivity contribution in [3.05, 3.63) is 29.8 Å². The molecule has 1 amide bonds. The van der Waals surface area contributed by atoms with Crippen molar-refractivity contribution in [1.82, 2.24) is 10.2 Å². The van der Waals surface area contributed by atoms with Gasteiger partial charge in [-0.2, -0.15) is 0 Å². The molecule has 2 rings (SSSR count). The van der Waals surface area contributed by atoms with Gasteiger partial charge in [-0.3, -0.25) is 4.79 Å². The summed E-state index contributed by atoms with van der Waals surface area (Å²) in [6.45, 7) is 1.18. The van der Waals surface area contributed by atoms with Crippen LogP contribution in [0.3, 0.4) is 0 Å². The first kappa shape index (κ1) is 13.8. The summed E-state index contributed by atoms with van der Waals surface area (Å²) in [5.74, 6) is -0.0574. The summed E-state index contributed by atoms with van der Waals surface area (Å²) < 4.78 is 0. The van der Waals surface area contributed by atoms with E-state index in [0.29, 0.717) is 18.7 Å². The molecule has 0 spiro atoms. The van der Waals surface area contributed by atoms with E-state index in [1.807, 2.05) is 43.3 Å². The Morgan fingerprint density at radius 1 is 1.21 bits per heavy atom. The van der Waals surface area contributed by atoms with Crippen molar-refractivity contribution in [3.8, 4) is 0 Å². The SMILES string of the molecule is CN(C)c1ccc(C(=O)N(C)[C@@H]2CNC[C@H]2O)cc1. The highest BCUT2D eigenvalue weighted by atomic mass is 16.3. The Labute approximate surface area is 113 Å². The molecule has 1 saturated heterocycles. The van der Waals surface area contributed by atoms with Gasteiger partial charge in [0, 0.05) is 45.5 Å². The fourth-order valence-electron chi connectivity index (χ4n) is 2.30. The van der Waals surface area contributed by atoms with Crippen LogP contribution in [0.15, 0.2) is 24.3 Å². The van der Waals surface area contributed by atoms with Gasteiger partial charge in [0.15, 0.2) is 0 Å². The number of amides is 1. The minimum absolute atomic E-state index is 0.0574. The molecule has 0 unspecified atom stereocenters. The van der Waals surface area contributed by atoms with E-state index in [-0.39, 0.29) is 11.9 Å². The van der Waals surface area contributed by atoms with Gasteiger partial charge < -0.3 is 20.2 Å². The molecular weight excluding hydrogens is 242 g/mol. The molecule has 1 aliphatic rings. The zero-order valence-corrected chi connectivity index (χ0v) is 11.6. The lowest BCUT2D eigenvalue weighted by Gasteiger charge is -2.26. The second-order valence-corrected chi connectivity index (χ2v) is 5.15. The molecule has 19 heavy (non-hydrogen) atoms. The summed E-state index contributed by atoms with van der Waals surface area (Å²) in [7, 11) is 5.66. The van der Waals surface area contributed by atoms with Gasteiger partial charge in [0.2, 0.25) is 0 Å². The first-order valence-electron chi connectivity index (χ1n) is 6.44. The molecule has 0 radical (unpaired) electrons. The third-order valence-corrected chi connectivity index (χ3v) is 3.60. The number of nitrogens with one attached hydrogen (secondary N) is 1. The average Bonchev–Trinajstić information content (AvgIpc) is 2.83. The maximum absolute atomic E-state index is 12.3. The summed E-state index contributed by atoms with van der Waals surface area (Å²) in [6, 6.07) is 7.33. The Bertz CT molecular complexity index is 445. The van der Waals surface area contributed by atoms with Gasteiger partial charge in [0.1, 0.15) is 0 Å². The van der Waals surface area contributed by atoms with Gasteiger partial charge in [-0.05, 0) is 24.3 Å². The molecular formula is C14H21N3O2. The Hall–Kier alpha value is -1.59. The first-order valence-corrected chi connectivity index (χ1v) is 6.44. The lowest BCUT2D eigenvalue weighted by atomic mass is 10.1. The molecule has 0 bridgehead atoms. The first-order chi connectivity index (χ1) is 9.00. The summed E-state index contributed by atoms with van der Waals surface area (Å²) in [5, 5.41) is 12.9. The van der Waals surface area contributed by atoms with Crippen molar-refractivity contribution in [2.75, 3.05) is 39.1 Å². The Morgan fingerprint density at radius 3 is 2.32 bits per heavy atom. The van der Waals surface area contributed by atoms with Crippen LogP contribution >= 0.6 is 0 Å². The highest BCUT2D eigenvalue weighted by Gasteiger charge is 2.31. The topological polar surface area (TPSA) is 55.8 Å². The lowest BCUT2D eigenvalue weighted by molar-refractivity contribution is 0.0581. The largest absolute Gasteiger partial charge is 0.390 e. The van der Waals surface area contributed by atoms with Crippen molar-refractivity contribution in [2.24, 2.45) is 0 Å². The highest BCUT2D eigenvalue weighted by molar-refractivity contribution is 5.94. The fraction of sp³-hybridized carbons (Fsp3) is 0.500. The molecule has 1 aromatic carbocycles. The average molecular weight is 263 g/mol. The number of β-amino-alcohol motifs (C(OH)–C–C–N with tert-alkyl or cyclic N) is 1. The number of carbonyl (C=O) groups is 1. The van der Waals surface area contributed by atoms with Crippen LogP contribution in [0.5, 0.6) is 0 Å². The predicted molar refractivity (Wildman–Crippen MR) is 75.5 cm³/mol. The second kappa shape index (κ2) is 5.59. The number of aliphatic hydroxyl groups excluding tert-OH is 1. The van der Waals surface area contributed by atoms with Crippen molar-refractivity contribution < 1.29 is 9.90 Å². The number of aliphatic hydroxyl groups is 1.